The minimum atomic E-state index is -4.04. The van der Waals surface area contributed by atoms with Crippen molar-refractivity contribution in [2.45, 2.75) is 49.0 Å². The van der Waals surface area contributed by atoms with Crippen molar-refractivity contribution in [3.63, 3.8) is 0 Å². The van der Waals surface area contributed by atoms with Crippen molar-refractivity contribution in [2.24, 2.45) is 0 Å². The van der Waals surface area contributed by atoms with E-state index in [-0.39, 0.29) is 18.4 Å². The van der Waals surface area contributed by atoms with Crippen LogP contribution >= 0.6 is 11.8 Å². The normalized spacial score (nSPS) is 17.2. The van der Waals surface area contributed by atoms with E-state index < -0.39 is 15.0 Å². The number of hydrogen-bond acceptors (Lipinski definition) is 8. The molecule has 1 amide bonds. The highest BCUT2D eigenvalue weighted by Gasteiger charge is 2.48. The maximum atomic E-state index is 13.6. The molecule has 0 bridgehead atoms. The fraction of sp³-hybridized carbons (Fsp3) is 0.333. The number of ether oxygens (including phenoxy) is 1. The Morgan fingerprint density at radius 3 is 2.49 bits per heavy atom. The molecule has 5 rings (SSSR count). The van der Waals surface area contributed by atoms with Gasteiger partial charge in [-0.15, -0.1) is 10.2 Å². The van der Waals surface area contributed by atoms with Gasteiger partial charge >= 0.3 is 0 Å². The second-order valence-electron chi connectivity index (χ2n) is 8.77. The fourth-order valence-corrected chi connectivity index (χ4v) is 6.61. The average molecular weight is 514 g/mol. The third kappa shape index (κ3) is 4.55. The number of nitrogens with one attached hydrogen (secondary N) is 1. The van der Waals surface area contributed by atoms with E-state index in [2.05, 4.69) is 15.5 Å². The van der Waals surface area contributed by atoms with Crippen LogP contribution in [0, 0.1) is 12.8 Å². The third-order valence-electron chi connectivity index (χ3n) is 6.12. The number of benzene rings is 2. The lowest BCUT2D eigenvalue weighted by molar-refractivity contribution is -0.124. The van der Waals surface area contributed by atoms with Gasteiger partial charge in [-0.05, 0) is 55.2 Å². The molecule has 1 aliphatic heterocycles. The number of amides is 1. The van der Waals surface area contributed by atoms with E-state index in [9.17, 15) is 13.2 Å². The minimum absolute atomic E-state index is 0.143. The van der Waals surface area contributed by atoms with Gasteiger partial charge in [0.15, 0.2) is 4.93 Å². The smallest absolute Gasteiger partial charge is 0.266 e. The van der Waals surface area contributed by atoms with Gasteiger partial charge in [0.2, 0.25) is 17.7 Å². The Morgan fingerprint density at radius 2 is 1.86 bits per heavy atom. The van der Waals surface area contributed by atoms with Gasteiger partial charge < -0.3 is 14.5 Å². The summed E-state index contributed by atoms with van der Waals surface area (Å²) in [6, 6.07) is 13.5. The molecule has 0 spiro atoms. The Bertz CT molecular complexity index is 1370. The Labute approximate surface area is 208 Å². The summed E-state index contributed by atoms with van der Waals surface area (Å²) in [5, 5.41) is 10.7. The van der Waals surface area contributed by atoms with Gasteiger partial charge in [-0.1, -0.05) is 30.0 Å². The average Bonchev–Trinajstić information content (AvgIpc) is 3.37. The molecule has 35 heavy (non-hydrogen) atoms. The largest absolute Gasteiger partial charge is 0.421 e. The van der Waals surface area contributed by atoms with E-state index in [0.29, 0.717) is 17.5 Å². The Morgan fingerprint density at radius 1 is 1.17 bits per heavy atom. The van der Waals surface area contributed by atoms with Crippen LogP contribution < -0.4 is 9.62 Å². The van der Waals surface area contributed by atoms with Gasteiger partial charge in [-0.2, -0.15) is 0 Å². The van der Waals surface area contributed by atoms with Crippen molar-refractivity contribution in [3.8, 4) is 22.6 Å². The first-order valence-corrected chi connectivity index (χ1v) is 13.5. The molecule has 2 aromatic carbocycles. The summed E-state index contributed by atoms with van der Waals surface area (Å²) < 4.78 is 39.2. The number of sulfonamides is 1. The summed E-state index contributed by atoms with van der Waals surface area (Å²) in [5.74, 6) is 2.17. The van der Waals surface area contributed by atoms with Crippen LogP contribution in [0.5, 0.6) is 0 Å². The highest BCUT2D eigenvalue weighted by Crippen LogP contribution is 2.47. The lowest BCUT2D eigenvalue weighted by Crippen LogP contribution is -2.49. The van der Waals surface area contributed by atoms with Crippen molar-refractivity contribution >= 4 is 33.4 Å². The minimum Gasteiger partial charge on any atom is -0.421 e. The molecule has 0 saturated heterocycles. The Kier molecular flexibility index (Phi) is 6.10. The van der Waals surface area contributed by atoms with Crippen molar-refractivity contribution < 1.29 is 22.4 Å². The standard InChI is InChI=1S/C24H25N4O5S2/c1-15-26-27-23(33-15)17-6-4-16(5-7-17)18-8-11-20-21(12-18)34-14-28(20)35(30,31)24(2,32-3)13-22(29)25-19-9-10-19/h4-8,11-12,14,19H,9-10,13H2,1-3H3,(H,25,29). The zero-order valence-electron chi connectivity index (χ0n) is 19.5. The molecule has 2 aliphatic rings. The predicted octanol–water partition coefficient (Wildman–Crippen LogP) is 4.10. The number of fused-ring (bicyclic) bond motifs is 1. The zero-order chi connectivity index (χ0) is 24.8. The lowest BCUT2D eigenvalue weighted by atomic mass is 10.0. The van der Waals surface area contributed by atoms with E-state index in [1.807, 2.05) is 36.4 Å². The van der Waals surface area contributed by atoms with Gasteiger partial charge in [-0.3, -0.25) is 9.10 Å². The number of thioether (sulfide) groups is 1. The molecule has 2 heterocycles. The zero-order valence-corrected chi connectivity index (χ0v) is 21.1. The molecule has 1 aliphatic carbocycles. The maximum absolute atomic E-state index is 13.6. The van der Waals surface area contributed by atoms with Crippen LogP contribution in [0.25, 0.3) is 22.6 Å². The first-order valence-electron chi connectivity index (χ1n) is 11.1. The Hall–Kier alpha value is -2.89. The van der Waals surface area contributed by atoms with Crippen LogP contribution in [0.15, 0.2) is 51.8 Å². The van der Waals surface area contributed by atoms with E-state index in [1.165, 1.54) is 30.1 Å². The van der Waals surface area contributed by atoms with E-state index >= 15 is 0 Å². The fourth-order valence-electron chi connectivity index (χ4n) is 3.81. The van der Waals surface area contributed by atoms with Crippen molar-refractivity contribution in [1.29, 1.82) is 0 Å². The number of methoxy groups -OCH3 is 1. The topological polar surface area (TPSA) is 115 Å². The van der Waals surface area contributed by atoms with Crippen molar-refractivity contribution in [2.75, 3.05) is 11.4 Å². The number of rotatable bonds is 8. The summed E-state index contributed by atoms with van der Waals surface area (Å²) in [7, 11) is -2.72. The number of aryl methyl sites for hydroxylation is 1. The quantitative estimate of drug-likeness (QED) is 0.479. The van der Waals surface area contributed by atoms with Gasteiger partial charge in [0.1, 0.15) is 5.88 Å². The van der Waals surface area contributed by atoms with Crippen LogP contribution in [0.1, 0.15) is 32.1 Å². The number of carbonyl (C=O) groups excluding carboxylic acids is 1. The van der Waals surface area contributed by atoms with Crippen LogP contribution in [0.4, 0.5) is 5.69 Å². The highest BCUT2D eigenvalue weighted by molar-refractivity contribution is 8.04. The third-order valence-corrected chi connectivity index (χ3v) is 9.38. The molecule has 1 aromatic heterocycles. The van der Waals surface area contributed by atoms with E-state index in [0.717, 1.165) is 34.4 Å². The molecule has 1 atom stereocenters. The van der Waals surface area contributed by atoms with Crippen molar-refractivity contribution in [3.05, 3.63) is 54.2 Å². The number of anilines is 1. The lowest BCUT2D eigenvalue weighted by Gasteiger charge is -2.32. The second-order valence-corrected chi connectivity index (χ2v) is 11.9. The van der Waals surface area contributed by atoms with Crippen LogP contribution in [-0.2, 0) is 19.6 Å². The molecule has 11 heteroatoms. The molecule has 1 N–H and O–H groups in total. The molecular formula is C24H25N4O5S2. The summed E-state index contributed by atoms with van der Waals surface area (Å²) in [6.45, 7) is 3.18. The molecule has 3 aromatic rings. The maximum Gasteiger partial charge on any atom is 0.266 e. The molecule has 9 nitrogen and oxygen atoms in total. The summed E-state index contributed by atoms with van der Waals surface area (Å²) in [5.41, 5.74) is 3.26. The van der Waals surface area contributed by atoms with Crippen molar-refractivity contribution in [1.82, 2.24) is 15.5 Å². The number of carbonyl (C=O) groups is 1. The van der Waals surface area contributed by atoms with Crippen LogP contribution in [0.2, 0.25) is 0 Å². The molecule has 183 valence electrons. The number of aromatic nitrogens is 2. The molecule has 1 saturated carbocycles. The summed E-state index contributed by atoms with van der Waals surface area (Å²) in [6.07, 6.45) is 1.57. The van der Waals surface area contributed by atoms with Gasteiger partial charge in [0, 0.05) is 30.5 Å². The summed E-state index contributed by atoms with van der Waals surface area (Å²) in [4.78, 5) is 11.5. The first-order chi connectivity index (χ1) is 16.7. The highest BCUT2D eigenvalue weighted by atomic mass is 32.2. The van der Waals surface area contributed by atoms with Gasteiger partial charge in [-0.25, -0.2) is 8.42 Å². The number of nitrogens with zero attached hydrogens (tertiary/aromatic N) is 3. The van der Waals surface area contributed by atoms with Gasteiger partial charge in [0.25, 0.3) is 10.0 Å². The first kappa shape index (κ1) is 23.8. The van der Waals surface area contributed by atoms with E-state index in [1.54, 1.807) is 18.9 Å². The monoisotopic (exact) mass is 513 g/mol. The second kappa shape index (κ2) is 8.96. The summed E-state index contributed by atoms with van der Waals surface area (Å²) >= 11 is 1.31. The molecule has 1 unspecified atom stereocenters. The van der Waals surface area contributed by atoms with Crippen LogP contribution in [0.3, 0.4) is 0 Å². The van der Waals surface area contributed by atoms with E-state index in [4.69, 9.17) is 9.15 Å². The predicted molar refractivity (Wildman–Crippen MR) is 133 cm³/mol. The van der Waals surface area contributed by atoms with Gasteiger partial charge in [0.05, 0.1) is 12.1 Å². The SMILES string of the molecule is COC(C)(CC(=O)NC1CC1)S(=O)(=O)N1[CH]Sc2cc(-c3ccc(-c4nnc(C)o4)cc3)ccc21. The molecular weight excluding hydrogens is 488 g/mol. The van der Waals surface area contributed by atoms with Crippen LogP contribution in [-0.4, -0.2) is 42.6 Å². The number of hydrogen-bond donors (Lipinski definition) is 1. The molecule has 1 radical (unpaired) electrons. The molecule has 1 fully saturated rings. The Balaban J connectivity index is 1.37.